The molecule has 1 aliphatic heterocycles. The van der Waals surface area contributed by atoms with Crippen molar-refractivity contribution in [1.82, 2.24) is 19.9 Å². The molecule has 31 heavy (non-hydrogen) atoms. The summed E-state index contributed by atoms with van der Waals surface area (Å²) in [6, 6.07) is 11.9. The lowest BCUT2D eigenvalue weighted by Gasteiger charge is -2.38. The number of rotatable bonds is 8. The Morgan fingerprint density at radius 1 is 1.29 bits per heavy atom. The number of thioether (sulfide) groups is 1. The molecule has 1 aliphatic rings. The number of aromatic nitrogens is 1. The van der Waals surface area contributed by atoms with Crippen LogP contribution in [-0.4, -0.2) is 35.3 Å². The number of benzene rings is 1. The van der Waals surface area contributed by atoms with E-state index in [1.54, 1.807) is 25.3 Å². The number of nitro benzene ring substituents is 1. The van der Waals surface area contributed by atoms with Crippen LogP contribution in [0.4, 0.5) is 5.69 Å². The van der Waals surface area contributed by atoms with Crippen molar-refractivity contribution in [3.8, 4) is 0 Å². The number of non-ortho nitro benzene ring substituents is 1. The second-order valence-electron chi connectivity index (χ2n) is 7.71. The fourth-order valence-electron chi connectivity index (χ4n) is 3.33. The predicted octanol–water partition coefficient (Wildman–Crippen LogP) is 3.24. The molecule has 1 atom stereocenters. The lowest BCUT2D eigenvalue weighted by atomic mass is 10.1. The third-order valence-electron chi connectivity index (χ3n) is 4.64. The van der Waals surface area contributed by atoms with Crippen LogP contribution < -0.4 is 10.0 Å². The lowest BCUT2D eigenvalue weighted by Crippen LogP contribution is -2.62. The van der Waals surface area contributed by atoms with Gasteiger partial charge in [0, 0.05) is 28.9 Å². The van der Waals surface area contributed by atoms with Crippen molar-refractivity contribution in [2.45, 2.75) is 38.0 Å². The molecule has 2 aromatic rings. The molecule has 0 bridgehead atoms. The van der Waals surface area contributed by atoms with Crippen LogP contribution in [-0.2, 0) is 16.6 Å². The lowest BCUT2D eigenvalue weighted by molar-refractivity contribution is -0.385. The minimum absolute atomic E-state index is 0.00375. The fourth-order valence-corrected chi connectivity index (χ4v) is 5.52. The number of nitrogens with one attached hydrogen (secondary N) is 2. The van der Waals surface area contributed by atoms with Gasteiger partial charge in [0.05, 0.1) is 28.4 Å². The molecule has 1 aromatic heterocycles. The highest BCUT2D eigenvalue weighted by molar-refractivity contribution is 8.03. The van der Waals surface area contributed by atoms with Crippen molar-refractivity contribution in [2.75, 3.05) is 6.26 Å². The van der Waals surface area contributed by atoms with Crippen molar-refractivity contribution < 1.29 is 13.3 Å². The van der Waals surface area contributed by atoms with Gasteiger partial charge in [-0.05, 0) is 31.0 Å². The average molecular weight is 464 g/mol. The number of allylic oxidation sites excluding steroid dienone is 1. The third-order valence-corrected chi connectivity index (χ3v) is 6.54. The molecule has 3 rings (SSSR count). The number of sulfonamides is 1. The number of hydrogen-bond acceptors (Lipinski definition) is 8. The van der Waals surface area contributed by atoms with E-state index in [0.29, 0.717) is 11.4 Å². The molecule has 1 unspecified atom stereocenters. The van der Waals surface area contributed by atoms with Crippen LogP contribution in [0.25, 0.3) is 0 Å². The Morgan fingerprint density at radius 3 is 2.61 bits per heavy atom. The van der Waals surface area contributed by atoms with Gasteiger partial charge in [0.15, 0.2) is 5.79 Å². The van der Waals surface area contributed by atoms with Gasteiger partial charge in [-0.2, -0.15) is 4.72 Å². The number of nitrogens with zero attached hydrogens (tertiary/aromatic N) is 3. The van der Waals surface area contributed by atoms with Gasteiger partial charge in [-0.15, -0.1) is 0 Å². The fraction of sp³-hybridized carbons (Fsp3) is 0.350. The van der Waals surface area contributed by atoms with Crippen molar-refractivity contribution >= 4 is 27.5 Å². The summed E-state index contributed by atoms with van der Waals surface area (Å²) in [5, 5.41) is 15.3. The highest BCUT2D eigenvalue weighted by atomic mass is 32.2. The summed E-state index contributed by atoms with van der Waals surface area (Å²) >= 11 is 1.35. The van der Waals surface area contributed by atoms with Crippen LogP contribution in [0, 0.1) is 16.0 Å². The number of pyridine rings is 1. The standard InChI is InChI=1S/C20H25N5O4S2/c1-14(2)18-19(30-17-10-7-9-16(12-17)25(26)27)24(13-15-8-5-6-11-21-15)20(3,22-18)23-31(4,28)29/h5-12,14,22-23H,13H2,1-4H3. The molecule has 0 spiro atoms. The van der Waals surface area contributed by atoms with Gasteiger partial charge in [0.25, 0.3) is 5.69 Å². The maximum atomic E-state index is 12.2. The second kappa shape index (κ2) is 8.85. The van der Waals surface area contributed by atoms with Gasteiger partial charge in [-0.3, -0.25) is 15.1 Å². The molecular weight excluding hydrogens is 438 g/mol. The highest BCUT2D eigenvalue weighted by Gasteiger charge is 2.44. The summed E-state index contributed by atoms with van der Waals surface area (Å²) in [6.45, 7) is 6.09. The topological polar surface area (TPSA) is 117 Å². The van der Waals surface area contributed by atoms with E-state index in [9.17, 15) is 18.5 Å². The van der Waals surface area contributed by atoms with Crippen LogP contribution >= 0.6 is 11.8 Å². The molecule has 0 saturated carbocycles. The van der Waals surface area contributed by atoms with Crippen molar-refractivity contribution in [3.05, 3.63) is 75.2 Å². The minimum atomic E-state index is -3.55. The summed E-state index contributed by atoms with van der Waals surface area (Å²) in [6.07, 6.45) is 2.79. The maximum Gasteiger partial charge on any atom is 0.270 e. The molecule has 0 amide bonds. The van der Waals surface area contributed by atoms with E-state index in [-0.39, 0.29) is 11.6 Å². The summed E-state index contributed by atoms with van der Waals surface area (Å²) < 4.78 is 27.0. The van der Waals surface area contributed by atoms with Gasteiger partial charge < -0.3 is 10.2 Å². The summed E-state index contributed by atoms with van der Waals surface area (Å²) in [7, 11) is -3.55. The molecule has 2 N–H and O–H groups in total. The van der Waals surface area contributed by atoms with Crippen LogP contribution in [0.15, 0.2) is 64.3 Å². The molecule has 9 nitrogen and oxygen atoms in total. The van der Waals surface area contributed by atoms with Gasteiger partial charge in [0.2, 0.25) is 10.0 Å². The zero-order valence-corrected chi connectivity index (χ0v) is 19.3. The van der Waals surface area contributed by atoms with E-state index < -0.39 is 20.7 Å². The smallest absolute Gasteiger partial charge is 0.270 e. The summed E-state index contributed by atoms with van der Waals surface area (Å²) in [4.78, 5) is 17.7. The van der Waals surface area contributed by atoms with Crippen LogP contribution in [0.2, 0.25) is 0 Å². The Labute approximate surface area is 186 Å². The molecule has 0 saturated heterocycles. The first-order chi connectivity index (χ1) is 14.5. The molecule has 0 aliphatic carbocycles. The van der Waals surface area contributed by atoms with E-state index in [2.05, 4.69) is 15.0 Å². The third kappa shape index (κ3) is 5.54. The molecule has 11 heteroatoms. The molecule has 2 heterocycles. The second-order valence-corrected chi connectivity index (χ2v) is 10.5. The Morgan fingerprint density at radius 2 is 2.03 bits per heavy atom. The Hall–Kier alpha value is -2.63. The van der Waals surface area contributed by atoms with Crippen LogP contribution in [0.1, 0.15) is 26.5 Å². The van der Waals surface area contributed by atoms with E-state index in [0.717, 1.165) is 22.7 Å². The SMILES string of the molecule is CC(C)C1=C(Sc2cccc([N+](=O)[O-])c2)N(Cc2ccccn2)C(C)(NS(C)(=O)=O)N1. The van der Waals surface area contributed by atoms with E-state index >= 15 is 0 Å². The zero-order valence-electron chi connectivity index (χ0n) is 17.7. The normalized spacial score (nSPS) is 19.1. The van der Waals surface area contributed by atoms with Gasteiger partial charge in [-0.25, -0.2) is 8.42 Å². The highest BCUT2D eigenvalue weighted by Crippen LogP contribution is 2.42. The molecule has 0 radical (unpaired) electrons. The average Bonchev–Trinajstić information content (AvgIpc) is 2.93. The summed E-state index contributed by atoms with van der Waals surface area (Å²) in [5.41, 5.74) is 1.59. The Balaban J connectivity index is 2.06. The first-order valence-corrected chi connectivity index (χ1v) is 12.3. The van der Waals surface area contributed by atoms with Crippen molar-refractivity contribution in [2.24, 2.45) is 5.92 Å². The van der Waals surface area contributed by atoms with Gasteiger partial charge >= 0.3 is 0 Å². The molecule has 166 valence electrons. The largest absolute Gasteiger partial charge is 0.351 e. The monoisotopic (exact) mass is 463 g/mol. The quantitative estimate of drug-likeness (QED) is 0.453. The van der Waals surface area contributed by atoms with Crippen LogP contribution in [0.3, 0.4) is 0 Å². The van der Waals surface area contributed by atoms with Crippen molar-refractivity contribution in [1.29, 1.82) is 0 Å². The van der Waals surface area contributed by atoms with Gasteiger partial charge in [0.1, 0.15) is 0 Å². The van der Waals surface area contributed by atoms with E-state index in [1.807, 2.05) is 36.9 Å². The molecule has 1 aromatic carbocycles. The minimum Gasteiger partial charge on any atom is -0.351 e. The van der Waals surface area contributed by atoms with Gasteiger partial charge in [-0.1, -0.05) is 37.7 Å². The number of nitro groups is 1. The molecular formula is C20H25N5O4S2. The zero-order chi connectivity index (χ0) is 22.8. The number of hydrogen-bond donors (Lipinski definition) is 2. The Bertz CT molecular complexity index is 1110. The maximum absolute atomic E-state index is 12.2. The summed E-state index contributed by atoms with van der Waals surface area (Å²) in [5.74, 6) is -1.08. The Kier molecular flexibility index (Phi) is 6.58. The predicted molar refractivity (Wildman–Crippen MR) is 120 cm³/mol. The van der Waals surface area contributed by atoms with Crippen molar-refractivity contribution in [3.63, 3.8) is 0 Å². The van der Waals surface area contributed by atoms with E-state index in [1.165, 1.54) is 23.9 Å². The van der Waals surface area contributed by atoms with Crippen LogP contribution in [0.5, 0.6) is 0 Å². The molecule has 0 fully saturated rings. The first kappa shape index (κ1) is 23.0. The van der Waals surface area contributed by atoms with E-state index in [4.69, 9.17) is 0 Å². The first-order valence-electron chi connectivity index (χ1n) is 9.59.